The van der Waals surface area contributed by atoms with Crippen molar-refractivity contribution >= 4 is 5.69 Å². The molecule has 0 spiro atoms. The van der Waals surface area contributed by atoms with Crippen LogP contribution in [0.3, 0.4) is 0 Å². The van der Waals surface area contributed by atoms with Gasteiger partial charge in [-0.15, -0.1) is 0 Å². The minimum absolute atomic E-state index is 0.645. The van der Waals surface area contributed by atoms with Gasteiger partial charge in [0.2, 0.25) is 0 Å². The maximum Gasteiger partial charge on any atom is 0.0345 e. The highest BCUT2D eigenvalue weighted by Gasteiger charge is 2.14. The van der Waals surface area contributed by atoms with E-state index in [4.69, 9.17) is 0 Å². The zero-order valence-corrected chi connectivity index (χ0v) is 11.1. The molecule has 1 aromatic rings. The minimum Gasteiger partial charge on any atom is -0.382 e. The van der Waals surface area contributed by atoms with Crippen LogP contribution in [0.25, 0.3) is 0 Å². The molecule has 0 amide bonds. The summed E-state index contributed by atoms with van der Waals surface area (Å²) in [5, 5.41) is 3.69. The van der Waals surface area contributed by atoms with E-state index in [2.05, 4.69) is 48.5 Å². The Balaban J connectivity index is 1.94. The summed E-state index contributed by atoms with van der Waals surface area (Å²) in [5.41, 5.74) is 2.71. The molecule has 1 saturated heterocycles. The van der Waals surface area contributed by atoms with E-state index < -0.39 is 0 Å². The second-order valence-corrected chi connectivity index (χ2v) is 5.13. The van der Waals surface area contributed by atoms with Crippen LogP contribution in [-0.4, -0.2) is 31.1 Å². The van der Waals surface area contributed by atoms with Crippen LogP contribution in [-0.2, 0) is 6.42 Å². The maximum absolute atomic E-state index is 3.69. The number of aryl methyl sites for hydroxylation is 1. The first-order valence-corrected chi connectivity index (χ1v) is 6.82. The maximum atomic E-state index is 3.69. The number of benzene rings is 1. The fraction of sp³-hybridized carbons (Fsp3) is 0.600. The Hall–Kier alpha value is -1.02. The van der Waals surface area contributed by atoms with Gasteiger partial charge in [0.1, 0.15) is 0 Å². The van der Waals surface area contributed by atoms with Gasteiger partial charge >= 0.3 is 0 Å². The predicted octanol–water partition coefficient (Wildman–Crippen LogP) is 3.15. The number of hydrogen-bond donors (Lipinski definition) is 1. The lowest BCUT2D eigenvalue weighted by molar-refractivity contribution is 0.348. The van der Waals surface area contributed by atoms with Gasteiger partial charge < -0.3 is 10.2 Å². The Kier molecular flexibility index (Phi) is 4.43. The molecule has 0 aromatic heterocycles. The monoisotopic (exact) mass is 232 g/mol. The van der Waals surface area contributed by atoms with E-state index in [1.807, 2.05) is 0 Å². The standard InChI is InChI=1S/C15H24N2/c1-3-13-6-4-7-15(12-13)16-14-8-5-10-17(2)11-9-14/h4,6-7,12,14,16H,3,5,8-11H2,1-2H3. The molecule has 1 N–H and O–H groups in total. The summed E-state index contributed by atoms with van der Waals surface area (Å²) < 4.78 is 0. The topological polar surface area (TPSA) is 15.3 Å². The van der Waals surface area contributed by atoms with Gasteiger partial charge in [0, 0.05) is 11.7 Å². The third kappa shape index (κ3) is 3.74. The van der Waals surface area contributed by atoms with Crippen molar-refractivity contribution in [1.82, 2.24) is 4.90 Å². The highest BCUT2D eigenvalue weighted by atomic mass is 15.1. The molecule has 0 aliphatic carbocycles. The van der Waals surface area contributed by atoms with Gasteiger partial charge in [0.15, 0.2) is 0 Å². The number of hydrogen-bond acceptors (Lipinski definition) is 2. The second-order valence-electron chi connectivity index (χ2n) is 5.13. The van der Waals surface area contributed by atoms with Crippen molar-refractivity contribution in [1.29, 1.82) is 0 Å². The van der Waals surface area contributed by atoms with E-state index in [9.17, 15) is 0 Å². The fourth-order valence-electron chi connectivity index (χ4n) is 2.50. The van der Waals surface area contributed by atoms with E-state index in [1.165, 1.54) is 43.6 Å². The molecule has 1 aromatic carbocycles. The molecule has 1 atom stereocenters. The molecule has 2 rings (SSSR count). The lowest BCUT2D eigenvalue weighted by Gasteiger charge is -2.18. The summed E-state index contributed by atoms with van der Waals surface area (Å²) >= 11 is 0. The van der Waals surface area contributed by atoms with Gasteiger partial charge in [-0.3, -0.25) is 0 Å². The molecule has 1 aliphatic rings. The smallest absolute Gasteiger partial charge is 0.0345 e. The Labute approximate surface area is 105 Å². The van der Waals surface area contributed by atoms with Crippen molar-refractivity contribution in [2.75, 3.05) is 25.5 Å². The lowest BCUT2D eigenvalue weighted by Crippen LogP contribution is -2.22. The highest BCUT2D eigenvalue weighted by molar-refractivity contribution is 5.46. The Bertz CT molecular complexity index is 349. The first-order chi connectivity index (χ1) is 8.28. The van der Waals surface area contributed by atoms with Gasteiger partial charge in [0.05, 0.1) is 0 Å². The van der Waals surface area contributed by atoms with Gasteiger partial charge in [-0.25, -0.2) is 0 Å². The fourth-order valence-corrected chi connectivity index (χ4v) is 2.50. The zero-order chi connectivity index (χ0) is 12.1. The third-order valence-corrected chi connectivity index (χ3v) is 3.66. The number of anilines is 1. The molecule has 0 bridgehead atoms. The van der Waals surface area contributed by atoms with Crippen LogP contribution < -0.4 is 5.32 Å². The number of rotatable bonds is 3. The summed E-state index contributed by atoms with van der Waals surface area (Å²) in [6.45, 7) is 4.66. The first-order valence-electron chi connectivity index (χ1n) is 6.82. The number of likely N-dealkylation sites (tertiary alicyclic amines) is 1. The molecule has 1 unspecified atom stereocenters. The van der Waals surface area contributed by atoms with Crippen molar-refractivity contribution in [2.45, 2.75) is 38.6 Å². The second kappa shape index (κ2) is 6.06. The molecule has 1 aliphatic heterocycles. The van der Waals surface area contributed by atoms with Crippen LogP contribution in [0.5, 0.6) is 0 Å². The SMILES string of the molecule is CCc1cccc(NC2CCCN(C)CC2)c1. The average Bonchev–Trinajstić information content (AvgIpc) is 2.55. The Morgan fingerprint density at radius 1 is 1.29 bits per heavy atom. The number of nitrogens with one attached hydrogen (secondary N) is 1. The predicted molar refractivity (Wildman–Crippen MR) is 74.6 cm³/mol. The molecular weight excluding hydrogens is 208 g/mol. The van der Waals surface area contributed by atoms with Crippen LogP contribution in [0.2, 0.25) is 0 Å². The molecule has 94 valence electrons. The van der Waals surface area contributed by atoms with Crippen molar-refractivity contribution in [2.24, 2.45) is 0 Å². The van der Waals surface area contributed by atoms with E-state index in [0.29, 0.717) is 6.04 Å². The van der Waals surface area contributed by atoms with Gasteiger partial charge in [-0.1, -0.05) is 19.1 Å². The van der Waals surface area contributed by atoms with Crippen molar-refractivity contribution < 1.29 is 0 Å². The van der Waals surface area contributed by atoms with Crippen molar-refractivity contribution in [3.05, 3.63) is 29.8 Å². The van der Waals surface area contributed by atoms with E-state index in [-0.39, 0.29) is 0 Å². The quantitative estimate of drug-likeness (QED) is 0.861. The Morgan fingerprint density at radius 2 is 2.18 bits per heavy atom. The van der Waals surface area contributed by atoms with E-state index in [0.717, 1.165) is 6.42 Å². The summed E-state index contributed by atoms with van der Waals surface area (Å²) in [4.78, 5) is 2.43. The first kappa shape index (κ1) is 12.4. The Morgan fingerprint density at radius 3 is 3.00 bits per heavy atom. The summed E-state index contributed by atoms with van der Waals surface area (Å²) in [6, 6.07) is 9.48. The normalized spacial score (nSPS) is 22.1. The molecule has 1 heterocycles. The number of nitrogens with zero attached hydrogens (tertiary/aromatic N) is 1. The van der Waals surface area contributed by atoms with Crippen LogP contribution in [0.15, 0.2) is 24.3 Å². The van der Waals surface area contributed by atoms with Gasteiger partial charge in [-0.2, -0.15) is 0 Å². The molecule has 2 nitrogen and oxygen atoms in total. The largest absolute Gasteiger partial charge is 0.382 e. The molecule has 0 saturated carbocycles. The van der Waals surface area contributed by atoms with Crippen molar-refractivity contribution in [3.8, 4) is 0 Å². The van der Waals surface area contributed by atoms with E-state index >= 15 is 0 Å². The summed E-state index contributed by atoms with van der Waals surface area (Å²) in [6.07, 6.45) is 4.97. The molecule has 2 heteroatoms. The third-order valence-electron chi connectivity index (χ3n) is 3.66. The zero-order valence-electron chi connectivity index (χ0n) is 11.1. The van der Waals surface area contributed by atoms with Crippen molar-refractivity contribution in [3.63, 3.8) is 0 Å². The molecular formula is C15H24N2. The minimum atomic E-state index is 0.645. The van der Waals surface area contributed by atoms with E-state index in [1.54, 1.807) is 0 Å². The van der Waals surface area contributed by atoms with Crippen LogP contribution in [0.1, 0.15) is 31.7 Å². The van der Waals surface area contributed by atoms with Crippen LogP contribution >= 0.6 is 0 Å². The van der Waals surface area contributed by atoms with Gasteiger partial charge in [0.25, 0.3) is 0 Å². The summed E-state index contributed by atoms with van der Waals surface area (Å²) in [7, 11) is 2.22. The summed E-state index contributed by atoms with van der Waals surface area (Å²) in [5.74, 6) is 0. The van der Waals surface area contributed by atoms with Gasteiger partial charge in [-0.05, 0) is 63.5 Å². The molecule has 0 radical (unpaired) electrons. The lowest BCUT2D eigenvalue weighted by atomic mass is 10.1. The van der Waals surface area contributed by atoms with Crippen LogP contribution in [0, 0.1) is 0 Å². The average molecular weight is 232 g/mol. The highest BCUT2D eigenvalue weighted by Crippen LogP contribution is 2.17. The van der Waals surface area contributed by atoms with Crippen LogP contribution in [0.4, 0.5) is 5.69 Å². The molecule has 17 heavy (non-hydrogen) atoms. The molecule has 1 fully saturated rings.